The molecule has 1 N–H and O–H groups in total. The molecule has 0 aliphatic carbocycles. The van der Waals surface area contributed by atoms with Gasteiger partial charge in [-0.15, -0.1) is 5.10 Å². The van der Waals surface area contributed by atoms with E-state index in [-0.39, 0.29) is 6.04 Å². The van der Waals surface area contributed by atoms with E-state index < -0.39 is 0 Å². The summed E-state index contributed by atoms with van der Waals surface area (Å²) in [6.45, 7) is 2.03. The Morgan fingerprint density at radius 3 is 2.87 bits per heavy atom. The molecule has 1 unspecified atom stereocenters. The summed E-state index contributed by atoms with van der Waals surface area (Å²) < 4.78 is 3.87. The first-order valence-electron chi connectivity index (χ1n) is 4.67. The van der Waals surface area contributed by atoms with Crippen LogP contribution in [0.5, 0.6) is 0 Å². The standard InChI is InChI=1S/C10H12N4S/c1-7-3-8(5-12-4-7)10(11-2)9-6-15-14-13-9/h3-6,10-11H,1-2H3. The highest BCUT2D eigenvalue weighted by molar-refractivity contribution is 7.03. The van der Waals surface area contributed by atoms with Gasteiger partial charge in [-0.05, 0) is 36.6 Å². The second kappa shape index (κ2) is 4.46. The van der Waals surface area contributed by atoms with Gasteiger partial charge in [0.25, 0.3) is 0 Å². The van der Waals surface area contributed by atoms with Gasteiger partial charge in [-0.2, -0.15) is 0 Å². The number of nitrogens with zero attached hydrogens (tertiary/aromatic N) is 3. The molecule has 0 aliphatic heterocycles. The maximum absolute atomic E-state index is 4.18. The Morgan fingerprint density at radius 1 is 1.40 bits per heavy atom. The van der Waals surface area contributed by atoms with E-state index in [1.807, 2.05) is 31.7 Å². The number of nitrogens with one attached hydrogen (secondary N) is 1. The SMILES string of the molecule is CNC(c1cncc(C)c1)c1csnn1. The van der Waals surface area contributed by atoms with Crippen molar-refractivity contribution in [2.45, 2.75) is 13.0 Å². The molecule has 0 fully saturated rings. The van der Waals surface area contributed by atoms with Crippen LogP contribution in [0.1, 0.15) is 22.9 Å². The van der Waals surface area contributed by atoms with E-state index in [2.05, 4.69) is 26.0 Å². The van der Waals surface area contributed by atoms with E-state index in [9.17, 15) is 0 Å². The Hall–Kier alpha value is -1.33. The van der Waals surface area contributed by atoms with Crippen LogP contribution >= 0.6 is 11.5 Å². The molecule has 1 atom stereocenters. The minimum absolute atomic E-state index is 0.0798. The fourth-order valence-electron chi connectivity index (χ4n) is 1.52. The second-order valence-electron chi connectivity index (χ2n) is 3.35. The fourth-order valence-corrected chi connectivity index (χ4v) is 2.00. The van der Waals surface area contributed by atoms with Crippen LogP contribution in [0.4, 0.5) is 0 Å². The summed E-state index contributed by atoms with van der Waals surface area (Å²) in [7, 11) is 1.91. The molecule has 0 saturated heterocycles. The van der Waals surface area contributed by atoms with E-state index in [0.29, 0.717) is 0 Å². The van der Waals surface area contributed by atoms with Gasteiger partial charge < -0.3 is 5.32 Å². The zero-order valence-corrected chi connectivity index (χ0v) is 9.45. The van der Waals surface area contributed by atoms with Crippen molar-refractivity contribution in [2.75, 3.05) is 7.05 Å². The first-order chi connectivity index (χ1) is 7.31. The third kappa shape index (κ3) is 2.19. The lowest BCUT2D eigenvalue weighted by Crippen LogP contribution is -2.18. The molecule has 15 heavy (non-hydrogen) atoms. The minimum atomic E-state index is 0.0798. The van der Waals surface area contributed by atoms with Crippen molar-refractivity contribution in [3.8, 4) is 0 Å². The van der Waals surface area contributed by atoms with Crippen LogP contribution in [0.3, 0.4) is 0 Å². The summed E-state index contributed by atoms with van der Waals surface area (Å²) in [6, 6.07) is 2.18. The number of rotatable bonds is 3. The Morgan fingerprint density at radius 2 is 2.27 bits per heavy atom. The summed E-state index contributed by atoms with van der Waals surface area (Å²) >= 11 is 1.36. The molecule has 0 amide bonds. The van der Waals surface area contributed by atoms with Crippen LogP contribution in [-0.4, -0.2) is 21.6 Å². The van der Waals surface area contributed by atoms with Gasteiger partial charge in [-0.3, -0.25) is 4.98 Å². The molecule has 0 radical (unpaired) electrons. The summed E-state index contributed by atoms with van der Waals surface area (Å²) in [6.07, 6.45) is 3.70. The molecule has 2 aromatic rings. The largest absolute Gasteiger partial charge is 0.308 e. The molecule has 2 rings (SSSR count). The van der Waals surface area contributed by atoms with Crippen molar-refractivity contribution in [1.29, 1.82) is 0 Å². The normalized spacial score (nSPS) is 12.7. The van der Waals surface area contributed by atoms with Gasteiger partial charge in [0.2, 0.25) is 0 Å². The summed E-state index contributed by atoms with van der Waals surface area (Å²) in [5.74, 6) is 0. The topological polar surface area (TPSA) is 50.7 Å². The molecular weight excluding hydrogens is 208 g/mol. The number of pyridine rings is 1. The lowest BCUT2D eigenvalue weighted by Gasteiger charge is -2.13. The Kier molecular flexibility index (Phi) is 3.03. The van der Waals surface area contributed by atoms with Gasteiger partial charge in [-0.1, -0.05) is 10.6 Å². The second-order valence-corrected chi connectivity index (χ2v) is 3.96. The average Bonchev–Trinajstić information content (AvgIpc) is 2.72. The summed E-state index contributed by atoms with van der Waals surface area (Å²) in [4.78, 5) is 4.18. The molecule has 0 saturated carbocycles. The molecule has 4 nitrogen and oxygen atoms in total. The van der Waals surface area contributed by atoms with Crippen LogP contribution in [0.15, 0.2) is 23.8 Å². The molecule has 0 bridgehead atoms. The summed E-state index contributed by atoms with van der Waals surface area (Å²) in [5.41, 5.74) is 3.20. The van der Waals surface area contributed by atoms with Gasteiger partial charge in [0.15, 0.2) is 0 Å². The van der Waals surface area contributed by atoms with Crippen molar-refractivity contribution in [3.63, 3.8) is 0 Å². The van der Waals surface area contributed by atoms with Gasteiger partial charge in [0.05, 0.1) is 11.7 Å². The first-order valence-corrected chi connectivity index (χ1v) is 5.50. The zero-order valence-electron chi connectivity index (χ0n) is 8.64. The number of hydrogen-bond donors (Lipinski definition) is 1. The van der Waals surface area contributed by atoms with Gasteiger partial charge >= 0.3 is 0 Å². The van der Waals surface area contributed by atoms with E-state index in [1.54, 1.807) is 0 Å². The van der Waals surface area contributed by atoms with E-state index >= 15 is 0 Å². The van der Waals surface area contributed by atoms with E-state index in [0.717, 1.165) is 16.8 Å². The smallest absolute Gasteiger partial charge is 0.0970 e. The molecule has 78 valence electrons. The molecule has 0 aromatic carbocycles. The summed E-state index contributed by atoms with van der Waals surface area (Å²) in [5, 5.41) is 9.23. The first kappa shape index (κ1) is 10.2. The fraction of sp³-hybridized carbons (Fsp3) is 0.300. The lowest BCUT2D eigenvalue weighted by atomic mass is 10.1. The zero-order chi connectivity index (χ0) is 10.7. The van der Waals surface area contributed by atoms with E-state index in [4.69, 9.17) is 0 Å². The van der Waals surface area contributed by atoms with Crippen LogP contribution < -0.4 is 5.32 Å². The Balaban J connectivity index is 2.35. The highest BCUT2D eigenvalue weighted by atomic mass is 32.1. The highest BCUT2D eigenvalue weighted by Crippen LogP contribution is 2.20. The van der Waals surface area contributed by atoms with Crippen molar-refractivity contribution in [2.24, 2.45) is 0 Å². The van der Waals surface area contributed by atoms with Gasteiger partial charge in [0.1, 0.15) is 0 Å². The van der Waals surface area contributed by atoms with Crippen LogP contribution in [0.2, 0.25) is 0 Å². The maximum atomic E-state index is 4.18. The van der Waals surface area contributed by atoms with Gasteiger partial charge in [-0.25, -0.2) is 0 Å². The van der Waals surface area contributed by atoms with Crippen molar-refractivity contribution < 1.29 is 0 Å². The van der Waals surface area contributed by atoms with Crippen LogP contribution in [0, 0.1) is 6.92 Å². The Bertz CT molecular complexity index is 427. The molecule has 2 aromatic heterocycles. The monoisotopic (exact) mass is 220 g/mol. The third-order valence-corrected chi connectivity index (χ3v) is 2.71. The van der Waals surface area contributed by atoms with E-state index in [1.165, 1.54) is 11.5 Å². The number of hydrogen-bond acceptors (Lipinski definition) is 5. The number of aromatic nitrogens is 3. The molecular formula is C10H12N4S. The highest BCUT2D eigenvalue weighted by Gasteiger charge is 2.14. The third-order valence-electron chi connectivity index (χ3n) is 2.19. The molecule has 5 heteroatoms. The molecule has 0 spiro atoms. The van der Waals surface area contributed by atoms with Crippen LogP contribution in [-0.2, 0) is 0 Å². The van der Waals surface area contributed by atoms with Crippen molar-refractivity contribution in [1.82, 2.24) is 19.9 Å². The minimum Gasteiger partial charge on any atom is -0.308 e. The average molecular weight is 220 g/mol. The quantitative estimate of drug-likeness (QED) is 0.852. The maximum Gasteiger partial charge on any atom is 0.0970 e. The number of aryl methyl sites for hydroxylation is 1. The van der Waals surface area contributed by atoms with Crippen molar-refractivity contribution >= 4 is 11.5 Å². The Labute approximate surface area is 92.5 Å². The van der Waals surface area contributed by atoms with Crippen LogP contribution in [0.25, 0.3) is 0 Å². The predicted octanol–water partition coefficient (Wildman–Crippen LogP) is 1.55. The lowest BCUT2D eigenvalue weighted by molar-refractivity contribution is 0.664. The van der Waals surface area contributed by atoms with Gasteiger partial charge in [0, 0.05) is 17.8 Å². The molecule has 0 aliphatic rings. The predicted molar refractivity (Wildman–Crippen MR) is 59.8 cm³/mol. The molecule has 2 heterocycles. The van der Waals surface area contributed by atoms with Crippen molar-refractivity contribution in [3.05, 3.63) is 40.7 Å².